The van der Waals surface area contributed by atoms with E-state index in [0.29, 0.717) is 19.2 Å². The zero-order chi connectivity index (χ0) is 10.1. The van der Waals surface area contributed by atoms with Crippen LogP contribution >= 0.6 is 0 Å². The van der Waals surface area contributed by atoms with Gasteiger partial charge in [-0.2, -0.15) is 4.98 Å². The van der Waals surface area contributed by atoms with Gasteiger partial charge < -0.3 is 15.4 Å². The Kier molecular flexibility index (Phi) is 2.39. The second-order valence-electron chi connectivity index (χ2n) is 3.72. The number of aromatic amines is 1. The van der Waals surface area contributed by atoms with Crippen molar-refractivity contribution in [2.75, 3.05) is 32.2 Å². The topological polar surface area (TPSA) is 80.1 Å². The third-order valence-electron chi connectivity index (χ3n) is 2.37. The fraction of sp³-hybridized carbons (Fsp3) is 0.750. The van der Waals surface area contributed by atoms with Crippen LogP contribution in [0.3, 0.4) is 0 Å². The van der Waals surface area contributed by atoms with E-state index in [1.807, 2.05) is 19.0 Å². The summed E-state index contributed by atoms with van der Waals surface area (Å²) in [6, 6.07) is 0.0259. The van der Waals surface area contributed by atoms with Crippen molar-refractivity contribution in [1.82, 2.24) is 15.2 Å². The molecule has 1 aromatic heterocycles. The molecule has 0 aliphatic carbocycles. The van der Waals surface area contributed by atoms with E-state index in [0.717, 1.165) is 5.82 Å². The first-order valence-electron chi connectivity index (χ1n) is 4.61. The fourth-order valence-corrected chi connectivity index (χ4v) is 1.48. The highest BCUT2D eigenvalue weighted by Crippen LogP contribution is 2.22. The highest BCUT2D eigenvalue weighted by Gasteiger charge is 2.29. The summed E-state index contributed by atoms with van der Waals surface area (Å²) < 4.78 is 5.27. The number of nitrogens with zero attached hydrogens (tertiary/aromatic N) is 3. The molecule has 1 saturated heterocycles. The number of anilines is 1. The van der Waals surface area contributed by atoms with Crippen molar-refractivity contribution in [3.63, 3.8) is 0 Å². The monoisotopic (exact) mass is 197 g/mol. The van der Waals surface area contributed by atoms with Crippen molar-refractivity contribution in [2.45, 2.75) is 12.0 Å². The van der Waals surface area contributed by atoms with Crippen molar-refractivity contribution in [3.8, 4) is 0 Å². The maximum absolute atomic E-state index is 5.87. The van der Waals surface area contributed by atoms with Gasteiger partial charge in [-0.05, 0) is 0 Å². The lowest BCUT2D eigenvalue weighted by Gasteiger charge is -2.08. The van der Waals surface area contributed by atoms with E-state index < -0.39 is 0 Å². The van der Waals surface area contributed by atoms with E-state index in [1.165, 1.54) is 0 Å². The van der Waals surface area contributed by atoms with Gasteiger partial charge in [0.05, 0.1) is 19.1 Å². The highest BCUT2D eigenvalue weighted by atomic mass is 16.5. The van der Waals surface area contributed by atoms with Crippen LogP contribution in [0.1, 0.15) is 11.7 Å². The number of rotatable bonds is 2. The van der Waals surface area contributed by atoms with Gasteiger partial charge in [0, 0.05) is 20.1 Å². The van der Waals surface area contributed by atoms with Crippen LogP contribution in [-0.4, -0.2) is 48.5 Å². The quantitative estimate of drug-likeness (QED) is 0.656. The summed E-state index contributed by atoms with van der Waals surface area (Å²) in [5, 5.41) is 6.97. The first-order chi connectivity index (χ1) is 6.68. The van der Waals surface area contributed by atoms with E-state index in [-0.39, 0.29) is 12.0 Å². The predicted octanol–water partition coefficient (Wildman–Crippen LogP) is -0.688. The van der Waals surface area contributed by atoms with Gasteiger partial charge in [-0.3, -0.25) is 5.10 Å². The van der Waals surface area contributed by atoms with Crippen LogP contribution in [0, 0.1) is 0 Å². The van der Waals surface area contributed by atoms with Gasteiger partial charge in [-0.15, -0.1) is 5.10 Å². The molecule has 1 aromatic rings. The van der Waals surface area contributed by atoms with Crippen LogP contribution in [-0.2, 0) is 4.74 Å². The Morgan fingerprint density at radius 2 is 2.29 bits per heavy atom. The first-order valence-corrected chi connectivity index (χ1v) is 4.61. The van der Waals surface area contributed by atoms with E-state index in [9.17, 15) is 0 Å². The molecule has 14 heavy (non-hydrogen) atoms. The number of H-pyrrole nitrogens is 1. The van der Waals surface area contributed by atoms with Gasteiger partial charge in [0.15, 0.2) is 0 Å². The Bertz CT molecular complexity index is 310. The minimum atomic E-state index is 0.0259. The average molecular weight is 197 g/mol. The molecule has 1 aliphatic rings. The molecular weight excluding hydrogens is 182 g/mol. The van der Waals surface area contributed by atoms with Crippen molar-refractivity contribution in [2.24, 2.45) is 5.73 Å². The maximum atomic E-state index is 5.87. The van der Waals surface area contributed by atoms with Crippen molar-refractivity contribution < 1.29 is 4.74 Å². The Hall–Kier alpha value is -1.14. The lowest BCUT2D eigenvalue weighted by atomic mass is 10.0. The van der Waals surface area contributed by atoms with E-state index in [1.54, 1.807) is 0 Å². The second-order valence-corrected chi connectivity index (χ2v) is 3.72. The lowest BCUT2D eigenvalue weighted by Crippen LogP contribution is -2.27. The zero-order valence-corrected chi connectivity index (χ0v) is 8.40. The van der Waals surface area contributed by atoms with E-state index >= 15 is 0 Å². The number of hydrogen-bond acceptors (Lipinski definition) is 5. The number of nitrogens with two attached hydrogens (primary N) is 1. The van der Waals surface area contributed by atoms with Crippen LogP contribution in [0.25, 0.3) is 0 Å². The normalized spacial score (nSPS) is 26.8. The number of hydrogen-bond donors (Lipinski definition) is 2. The molecule has 6 heteroatoms. The molecule has 1 aliphatic heterocycles. The summed E-state index contributed by atoms with van der Waals surface area (Å²) in [4.78, 5) is 6.19. The highest BCUT2D eigenvalue weighted by molar-refractivity contribution is 5.26. The van der Waals surface area contributed by atoms with Crippen molar-refractivity contribution in [1.29, 1.82) is 0 Å². The van der Waals surface area contributed by atoms with Crippen molar-refractivity contribution in [3.05, 3.63) is 5.82 Å². The Balaban J connectivity index is 2.16. The molecule has 0 amide bonds. The summed E-state index contributed by atoms with van der Waals surface area (Å²) in [5.41, 5.74) is 5.87. The molecule has 78 valence electrons. The summed E-state index contributed by atoms with van der Waals surface area (Å²) in [6.45, 7) is 1.23. The molecule has 6 nitrogen and oxygen atoms in total. The van der Waals surface area contributed by atoms with Gasteiger partial charge in [0.1, 0.15) is 5.82 Å². The summed E-state index contributed by atoms with van der Waals surface area (Å²) >= 11 is 0. The molecule has 2 atom stereocenters. The number of aromatic nitrogens is 3. The van der Waals surface area contributed by atoms with Gasteiger partial charge in [-0.1, -0.05) is 0 Å². The molecule has 1 fully saturated rings. The van der Waals surface area contributed by atoms with Crippen molar-refractivity contribution >= 4 is 5.95 Å². The minimum Gasteiger partial charge on any atom is -0.379 e. The molecule has 0 radical (unpaired) electrons. The van der Waals surface area contributed by atoms with Gasteiger partial charge in [0.2, 0.25) is 5.95 Å². The smallest absolute Gasteiger partial charge is 0.244 e. The first kappa shape index (κ1) is 9.42. The third kappa shape index (κ3) is 1.58. The van der Waals surface area contributed by atoms with Gasteiger partial charge in [0.25, 0.3) is 0 Å². The Morgan fingerprint density at radius 1 is 1.50 bits per heavy atom. The van der Waals surface area contributed by atoms with Gasteiger partial charge >= 0.3 is 0 Å². The van der Waals surface area contributed by atoms with Crippen LogP contribution < -0.4 is 10.6 Å². The number of nitrogens with one attached hydrogen (secondary N) is 1. The summed E-state index contributed by atoms with van der Waals surface area (Å²) in [6.07, 6.45) is 0. The molecule has 0 saturated carbocycles. The van der Waals surface area contributed by atoms with Crippen LogP contribution in [0.5, 0.6) is 0 Å². The molecule has 2 heterocycles. The predicted molar refractivity (Wildman–Crippen MR) is 52.2 cm³/mol. The molecule has 0 bridgehead atoms. The van der Waals surface area contributed by atoms with Crippen LogP contribution in [0.15, 0.2) is 0 Å². The molecular formula is C8H15N5O. The maximum Gasteiger partial charge on any atom is 0.244 e. The molecule has 2 unspecified atom stereocenters. The molecule has 0 spiro atoms. The average Bonchev–Trinajstić information content (AvgIpc) is 2.71. The summed E-state index contributed by atoms with van der Waals surface area (Å²) in [7, 11) is 3.80. The number of ether oxygens (including phenoxy) is 1. The Morgan fingerprint density at radius 3 is 2.79 bits per heavy atom. The molecule has 0 aromatic carbocycles. The zero-order valence-electron chi connectivity index (χ0n) is 8.40. The fourth-order valence-electron chi connectivity index (χ4n) is 1.48. The second kappa shape index (κ2) is 3.55. The third-order valence-corrected chi connectivity index (χ3v) is 2.37. The SMILES string of the molecule is CN(C)c1n[nH]c(C2COCC2N)n1. The minimum absolute atomic E-state index is 0.0259. The standard InChI is InChI=1S/C8H15N5O/c1-13(2)8-10-7(11-12-8)5-3-14-4-6(5)9/h5-6H,3-4,9H2,1-2H3,(H,10,11,12). The summed E-state index contributed by atoms with van der Waals surface area (Å²) in [5.74, 6) is 1.65. The Labute approximate surface area is 82.4 Å². The van der Waals surface area contributed by atoms with Crippen LogP contribution in [0.4, 0.5) is 5.95 Å². The molecule has 2 rings (SSSR count). The van der Waals surface area contributed by atoms with Gasteiger partial charge in [-0.25, -0.2) is 0 Å². The van der Waals surface area contributed by atoms with Crippen LogP contribution in [0.2, 0.25) is 0 Å². The largest absolute Gasteiger partial charge is 0.379 e. The van der Waals surface area contributed by atoms with E-state index in [4.69, 9.17) is 10.5 Å². The van der Waals surface area contributed by atoms with E-state index in [2.05, 4.69) is 15.2 Å². The lowest BCUT2D eigenvalue weighted by molar-refractivity contribution is 0.190. The molecule has 3 N–H and O–H groups in total.